The number of nitrogens with zero attached hydrogens (tertiary/aromatic N) is 2. The van der Waals surface area contributed by atoms with E-state index in [1.54, 1.807) is 20.2 Å². The second kappa shape index (κ2) is 15.1. The van der Waals surface area contributed by atoms with Crippen LogP contribution in [0.15, 0.2) is 84.9 Å². The zero-order chi connectivity index (χ0) is 31.7. The van der Waals surface area contributed by atoms with Gasteiger partial charge in [-0.2, -0.15) is 0 Å². The zero-order valence-electron chi connectivity index (χ0n) is 26.4. The van der Waals surface area contributed by atoms with Crippen LogP contribution in [-0.4, -0.2) is 78.5 Å². The fourth-order valence-electron chi connectivity index (χ4n) is 5.48. The first-order chi connectivity index (χ1) is 21.0. The lowest BCUT2D eigenvalue weighted by molar-refractivity contribution is -0.146. The molecule has 3 aromatic carbocycles. The summed E-state index contributed by atoms with van der Waals surface area (Å²) in [4.78, 5) is 44.4. The second-order valence-electron chi connectivity index (χ2n) is 12.5. The summed E-state index contributed by atoms with van der Waals surface area (Å²) in [6, 6.07) is 22.1. The van der Waals surface area contributed by atoms with E-state index in [2.05, 4.69) is 11.4 Å². The van der Waals surface area contributed by atoms with Crippen LogP contribution in [0.25, 0.3) is 10.8 Å². The maximum Gasteiger partial charge on any atom is 0.246 e. The van der Waals surface area contributed by atoms with E-state index in [9.17, 15) is 14.4 Å². The Hall–Kier alpha value is -4.01. The van der Waals surface area contributed by atoms with Crippen LogP contribution in [0.3, 0.4) is 0 Å². The van der Waals surface area contributed by atoms with Gasteiger partial charge < -0.3 is 25.6 Å². The van der Waals surface area contributed by atoms with Crippen molar-refractivity contribution >= 4 is 28.5 Å². The Kier molecular flexibility index (Phi) is 11.3. The van der Waals surface area contributed by atoms with Crippen LogP contribution >= 0.6 is 0 Å². The number of nitrogens with one attached hydrogen (secondary N) is 1. The molecule has 0 spiro atoms. The molecule has 0 saturated carbocycles. The first-order valence-electron chi connectivity index (χ1n) is 15.4. The largest absolute Gasteiger partial charge is 0.376 e. The van der Waals surface area contributed by atoms with Gasteiger partial charge in [0.1, 0.15) is 12.1 Å². The predicted molar refractivity (Wildman–Crippen MR) is 175 cm³/mol. The topological polar surface area (TPSA) is 105 Å². The van der Waals surface area contributed by atoms with Crippen LogP contribution in [0.2, 0.25) is 0 Å². The summed E-state index contributed by atoms with van der Waals surface area (Å²) in [5.41, 5.74) is 7.50. The van der Waals surface area contributed by atoms with E-state index >= 15 is 0 Å². The highest BCUT2D eigenvalue weighted by atomic mass is 16.5. The van der Waals surface area contributed by atoms with Crippen molar-refractivity contribution in [2.45, 2.75) is 69.7 Å². The minimum atomic E-state index is -0.839. The van der Waals surface area contributed by atoms with Gasteiger partial charge in [-0.15, -0.1) is 0 Å². The zero-order valence-corrected chi connectivity index (χ0v) is 26.4. The summed E-state index contributed by atoms with van der Waals surface area (Å²) in [6.45, 7) is 4.88. The molecule has 0 bridgehead atoms. The van der Waals surface area contributed by atoms with Crippen molar-refractivity contribution in [2.75, 3.05) is 27.2 Å². The van der Waals surface area contributed by atoms with Gasteiger partial charge in [0.25, 0.3) is 0 Å². The van der Waals surface area contributed by atoms with Crippen molar-refractivity contribution in [2.24, 2.45) is 5.73 Å². The van der Waals surface area contributed by atoms with Gasteiger partial charge in [-0.1, -0.05) is 78.9 Å². The number of hydrogen-bond donors (Lipinski definition) is 2. The Morgan fingerprint density at radius 1 is 0.932 bits per heavy atom. The van der Waals surface area contributed by atoms with E-state index in [1.807, 2.05) is 80.6 Å². The summed E-state index contributed by atoms with van der Waals surface area (Å²) < 4.78 is 5.70. The van der Waals surface area contributed by atoms with Crippen molar-refractivity contribution in [3.8, 4) is 0 Å². The van der Waals surface area contributed by atoms with Gasteiger partial charge in [-0.3, -0.25) is 14.4 Å². The number of likely N-dealkylation sites (N-methyl/N-ethyl adjacent to an activating group) is 2. The van der Waals surface area contributed by atoms with E-state index in [1.165, 1.54) is 15.9 Å². The number of ether oxygens (including phenoxy) is 1. The molecule has 44 heavy (non-hydrogen) atoms. The number of hydrogen-bond acceptors (Lipinski definition) is 5. The fourth-order valence-corrected chi connectivity index (χ4v) is 5.48. The Morgan fingerprint density at radius 3 is 2.30 bits per heavy atom. The molecule has 0 radical (unpaired) electrons. The summed E-state index contributed by atoms with van der Waals surface area (Å²) >= 11 is 0. The summed E-state index contributed by atoms with van der Waals surface area (Å²) in [5, 5.41) is 5.17. The molecule has 0 aliphatic carbocycles. The van der Waals surface area contributed by atoms with Gasteiger partial charge in [0.2, 0.25) is 17.7 Å². The number of fused-ring (bicyclic) bond motifs is 1. The SMILES string of the molecule is CN(C(=O)/C=C/CC(C)(C)N)[C@H](Cc1ccc2ccccc2c1)C(=O)N(C)[C@H](Cc1ccccc1)C(=O)NCC1CCCO1. The third kappa shape index (κ3) is 9.24. The first-order valence-corrected chi connectivity index (χ1v) is 15.4. The normalized spacial score (nSPS) is 16.5. The van der Waals surface area contributed by atoms with Crippen molar-refractivity contribution in [3.05, 3.63) is 96.1 Å². The average Bonchev–Trinajstić information content (AvgIpc) is 3.54. The number of rotatable bonds is 13. The fraction of sp³-hybridized carbons (Fsp3) is 0.417. The van der Waals surface area contributed by atoms with Crippen LogP contribution < -0.4 is 11.1 Å². The highest BCUT2D eigenvalue weighted by molar-refractivity contribution is 5.95. The van der Waals surface area contributed by atoms with Gasteiger partial charge in [0.15, 0.2) is 0 Å². The average molecular weight is 599 g/mol. The number of carbonyl (C=O) groups excluding carboxylic acids is 3. The number of nitrogens with two attached hydrogens (primary N) is 1. The summed E-state index contributed by atoms with van der Waals surface area (Å²) in [5.74, 6) is -0.859. The van der Waals surface area contributed by atoms with Crippen LogP contribution in [-0.2, 0) is 32.0 Å². The van der Waals surface area contributed by atoms with Gasteiger partial charge in [0, 0.05) is 45.6 Å². The lowest BCUT2D eigenvalue weighted by Gasteiger charge is -2.34. The monoisotopic (exact) mass is 598 g/mol. The third-order valence-corrected chi connectivity index (χ3v) is 8.17. The van der Waals surface area contributed by atoms with E-state index in [-0.39, 0.29) is 23.8 Å². The molecule has 0 aromatic heterocycles. The highest BCUT2D eigenvalue weighted by Gasteiger charge is 2.35. The van der Waals surface area contributed by atoms with Gasteiger partial charge in [0.05, 0.1) is 6.10 Å². The summed E-state index contributed by atoms with van der Waals surface area (Å²) in [7, 11) is 3.29. The van der Waals surface area contributed by atoms with Crippen molar-refractivity contribution < 1.29 is 19.1 Å². The summed E-state index contributed by atoms with van der Waals surface area (Å²) in [6.07, 6.45) is 6.22. The second-order valence-corrected chi connectivity index (χ2v) is 12.5. The molecule has 234 valence electrons. The molecule has 1 unspecified atom stereocenters. The minimum absolute atomic E-state index is 0.0213. The molecular formula is C36H46N4O4. The maximum absolute atomic E-state index is 14.4. The van der Waals surface area contributed by atoms with E-state index in [4.69, 9.17) is 10.5 Å². The molecule has 1 fully saturated rings. The molecule has 1 saturated heterocycles. The number of benzene rings is 3. The quantitative estimate of drug-likeness (QED) is 0.286. The lowest BCUT2D eigenvalue weighted by atomic mass is 9.98. The Bertz CT molecular complexity index is 1440. The van der Waals surface area contributed by atoms with E-state index in [0.717, 1.165) is 34.7 Å². The van der Waals surface area contributed by atoms with E-state index < -0.39 is 17.6 Å². The first kappa shape index (κ1) is 32.9. The van der Waals surface area contributed by atoms with Crippen LogP contribution in [0, 0.1) is 0 Å². The molecule has 1 aliphatic rings. The van der Waals surface area contributed by atoms with Gasteiger partial charge in [-0.05, 0) is 61.1 Å². The molecular weight excluding hydrogens is 552 g/mol. The smallest absolute Gasteiger partial charge is 0.246 e. The lowest BCUT2D eigenvalue weighted by Crippen LogP contribution is -2.56. The van der Waals surface area contributed by atoms with Crippen molar-refractivity contribution in [3.63, 3.8) is 0 Å². The van der Waals surface area contributed by atoms with Crippen LogP contribution in [0.4, 0.5) is 0 Å². The predicted octanol–water partition coefficient (Wildman–Crippen LogP) is 4.26. The van der Waals surface area contributed by atoms with E-state index in [0.29, 0.717) is 32.4 Å². The van der Waals surface area contributed by atoms with Gasteiger partial charge in [-0.25, -0.2) is 0 Å². The molecule has 3 N–H and O–H groups in total. The molecule has 4 rings (SSSR count). The van der Waals surface area contributed by atoms with Crippen molar-refractivity contribution in [1.82, 2.24) is 15.1 Å². The minimum Gasteiger partial charge on any atom is -0.376 e. The third-order valence-electron chi connectivity index (χ3n) is 8.17. The standard InChI is InChI=1S/C36H46N4O4/c1-36(2,37)20-10-17-33(41)39(3)32(24-27-18-19-28-14-8-9-15-29(28)22-27)35(43)40(4)31(23-26-12-6-5-7-13-26)34(42)38-25-30-16-11-21-44-30/h5-10,12-15,17-19,22,30-32H,11,16,20-21,23-25,37H2,1-4H3,(H,38,42)/b17-10+/t30?,31-,32-/m1/s1. The Balaban J connectivity index is 1.61. The molecule has 3 atom stereocenters. The molecule has 3 aromatic rings. The molecule has 1 heterocycles. The van der Waals surface area contributed by atoms with Crippen molar-refractivity contribution in [1.29, 1.82) is 0 Å². The Labute approximate surface area is 261 Å². The Morgan fingerprint density at radius 2 is 1.61 bits per heavy atom. The van der Waals surface area contributed by atoms with Crippen LogP contribution in [0.1, 0.15) is 44.2 Å². The molecule has 3 amide bonds. The molecule has 8 nitrogen and oxygen atoms in total. The molecule has 1 aliphatic heterocycles. The highest BCUT2D eigenvalue weighted by Crippen LogP contribution is 2.20. The maximum atomic E-state index is 14.4. The van der Waals surface area contributed by atoms with Crippen LogP contribution in [0.5, 0.6) is 0 Å². The molecule has 8 heteroatoms. The number of carbonyl (C=O) groups is 3. The number of amides is 3. The van der Waals surface area contributed by atoms with Gasteiger partial charge >= 0.3 is 0 Å².